The molecular formula is C14H17FN4O5. The first-order chi connectivity index (χ1) is 11.4. The zero-order valence-electron chi connectivity index (χ0n) is 13.2. The number of nitriles is 1. The van der Waals surface area contributed by atoms with E-state index in [9.17, 15) is 18.8 Å². The summed E-state index contributed by atoms with van der Waals surface area (Å²) < 4.78 is 18.2. The van der Waals surface area contributed by atoms with Crippen molar-refractivity contribution in [2.75, 3.05) is 19.7 Å². The minimum atomic E-state index is -2.44. The smallest absolute Gasteiger partial charge is 0.370 e. The number of alkyl halides is 1. The summed E-state index contributed by atoms with van der Waals surface area (Å²) in [4.78, 5) is 41.8. The molecule has 0 aromatic carbocycles. The van der Waals surface area contributed by atoms with Crippen LogP contribution in [0.25, 0.3) is 0 Å². The maximum atomic E-state index is 13.7. The van der Waals surface area contributed by atoms with Crippen LogP contribution < -0.4 is 5.32 Å². The summed E-state index contributed by atoms with van der Waals surface area (Å²) in [6, 6.07) is -0.490. The van der Waals surface area contributed by atoms with Gasteiger partial charge in [-0.15, -0.1) is 0 Å². The van der Waals surface area contributed by atoms with Crippen LogP contribution >= 0.6 is 0 Å². The third kappa shape index (κ3) is 3.30. The minimum absolute atomic E-state index is 0.0216. The van der Waals surface area contributed by atoms with Crippen molar-refractivity contribution in [3.8, 4) is 6.07 Å². The van der Waals surface area contributed by atoms with E-state index in [1.807, 2.05) is 0 Å². The summed E-state index contributed by atoms with van der Waals surface area (Å²) in [5.41, 5.74) is 0.563. The molecule has 1 fully saturated rings. The molecule has 3 atom stereocenters. The quantitative estimate of drug-likeness (QED) is 0.409. The van der Waals surface area contributed by atoms with E-state index in [1.165, 1.54) is 11.8 Å². The van der Waals surface area contributed by atoms with Gasteiger partial charge in [-0.25, -0.2) is 18.8 Å². The maximum absolute atomic E-state index is 13.7. The third-order valence-corrected chi connectivity index (χ3v) is 3.59. The molecule has 0 saturated carbocycles. The first kappa shape index (κ1) is 17.7. The van der Waals surface area contributed by atoms with Crippen molar-refractivity contribution in [2.45, 2.75) is 32.3 Å². The van der Waals surface area contributed by atoms with Crippen molar-refractivity contribution >= 4 is 17.9 Å². The molecule has 2 bridgehead atoms. The van der Waals surface area contributed by atoms with Crippen molar-refractivity contribution in [2.24, 2.45) is 0 Å². The second-order valence-electron chi connectivity index (χ2n) is 5.19. The first-order valence-electron chi connectivity index (χ1n) is 7.31. The Bertz CT molecular complexity index is 617. The lowest BCUT2D eigenvalue weighted by molar-refractivity contribution is -0.223. The van der Waals surface area contributed by atoms with Crippen LogP contribution in [-0.2, 0) is 19.2 Å². The number of nitrogens with one attached hydrogen (secondary N) is 1. The molecule has 0 aromatic rings. The van der Waals surface area contributed by atoms with Gasteiger partial charge in [-0.3, -0.25) is 4.79 Å². The van der Waals surface area contributed by atoms with Crippen molar-refractivity contribution in [1.29, 1.82) is 5.26 Å². The van der Waals surface area contributed by atoms with E-state index in [-0.39, 0.29) is 19.7 Å². The Hall–Kier alpha value is -2.67. The van der Waals surface area contributed by atoms with Gasteiger partial charge in [-0.1, -0.05) is 6.08 Å². The summed E-state index contributed by atoms with van der Waals surface area (Å²) >= 11 is 0. The lowest BCUT2D eigenvalue weighted by Crippen LogP contribution is -2.50. The standard InChI is InChI=1S/C14H17FN4O5/c1-3-23-13(21)11(15)24-19-9-6-8(2)10(12(20)17-5-4-16)18(7-9)14(19)22/h6,9-11H,3,5,7H2,1-2H3,(H,17,20)/t9-,10+,11+/m1/s1. The molecule has 0 radical (unpaired) electrons. The largest absolute Gasteiger partial charge is 0.462 e. The van der Waals surface area contributed by atoms with Crippen LogP contribution in [0.1, 0.15) is 13.8 Å². The van der Waals surface area contributed by atoms with Gasteiger partial charge in [0.25, 0.3) is 0 Å². The summed E-state index contributed by atoms with van der Waals surface area (Å²) in [7, 11) is 0. The molecule has 2 aliphatic rings. The molecule has 24 heavy (non-hydrogen) atoms. The molecule has 1 N–H and O–H groups in total. The number of carbonyl (C=O) groups excluding carboxylic acids is 3. The molecule has 0 spiro atoms. The number of carbonyl (C=O) groups is 3. The van der Waals surface area contributed by atoms with Crippen LogP contribution in [-0.4, -0.2) is 66.0 Å². The second-order valence-corrected chi connectivity index (χ2v) is 5.19. The minimum Gasteiger partial charge on any atom is -0.462 e. The summed E-state index contributed by atoms with van der Waals surface area (Å²) in [5.74, 6) is -1.74. The highest BCUT2D eigenvalue weighted by atomic mass is 19.1. The van der Waals surface area contributed by atoms with Gasteiger partial charge in [0.05, 0.1) is 25.3 Å². The van der Waals surface area contributed by atoms with E-state index in [0.717, 1.165) is 5.06 Å². The lowest BCUT2D eigenvalue weighted by atomic mass is 10.00. The van der Waals surface area contributed by atoms with Crippen molar-refractivity contribution < 1.29 is 28.3 Å². The molecule has 2 aliphatic heterocycles. The zero-order chi connectivity index (χ0) is 17.9. The van der Waals surface area contributed by atoms with Crippen molar-refractivity contribution in [1.82, 2.24) is 15.3 Å². The predicted molar refractivity (Wildman–Crippen MR) is 76.5 cm³/mol. The van der Waals surface area contributed by atoms with E-state index in [4.69, 9.17) is 10.1 Å². The number of fused-ring (bicyclic) bond motifs is 2. The van der Waals surface area contributed by atoms with Crippen LogP contribution in [0.4, 0.5) is 9.18 Å². The third-order valence-electron chi connectivity index (χ3n) is 3.59. The fourth-order valence-corrected chi connectivity index (χ4v) is 2.64. The summed E-state index contributed by atoms with van der Waals surface area (Å²) in [5, 5.41) is 11.6. The number of esters is 1. The Labute approximate surface area is 137 Å². The molecule has 130 valence electrons. The molecule has 0 aromatic heterocycles. The van der Waals surface area contributed by atoms with Gasteiger partial charge in [0.15, 0.2) is 0 Å². The van der Waals surface area contributed by atoms with E-state index in [2.05, 4.69) is 10.1 Å². The highest BCUT2D eigenvalue weighted by Crippen LogP contribution is 2.30. The van der Waals surface area contributed by atoms with Crippen LogP contribution in [0.5, 0.6) is 0 Å². The second kappa shape index (κ2) is 7.27. The Morgan fingerprint density at radius 3 is 2.92 bits per heavy atom. The number of amides is 3. The maximum Gasteiger partial charge on any atom is 0.370 e. The number of hydroxylamine groups is 2. The van der Waals surface area contributed by atoms with E-state index in [1.54, 1.807) is 19.1 Å². The topological polar surface area (TPSA) is 112 Å². The highest BCUT2D eigenvalue weighted by Gasteiger charge is 2.48. The van der Waals surface area contributed by atoms with Gasteiger partial charge in [0.1, 0.15) is 12.6 Å². The molecule has 1 saturated heterocycles. The van der Waals surface area contributed by atoms with Crippen LogP contribution in [0, 0.1) is 11.3 Å². The van der Waals surface area contributed by atoms with Crippen LogP contribution in [0.2, 0.25) is 0 Å². The number of halogens is 1. The zero-order valence-corrected chi connectivity index (χ0v) is 13.2. The number of nitrogens with zero attached hydrogens (tertiary/aromatic N) is 3. The van der Waals surface area contributed by atoms with Gasteiger partial charge in [0, 0.05) is 0 Å². The van der Waals surface area contributed by atoms with E-state index >= 15 is 0 Å². The molecule has 9 nitrogen and oxygen atoms in total. The van der Waals surface area contributed by atoms with Gasteiger partial charge >= 0.3 is 18.4 Å². The monoisotopic (exact) mass is 340 g/mol. The number of rotatable bonds is 6. The molecule has 0 unspecified atom stereocenters. The van der Waals surface area contributed by atoms with Crippen LogP contribution in [0.15, 0.2) is 11.6 Å². The normalized spacial score (nSPS) is 23.4. The summed E-state index contributed by atoms with van der Waals surface area (Å²) in [6.45, 7) is 3.05. The van der Waals surface area contributed by atoms with Gasteiger partial charge in [-0.05, 0) is 19.4 Å². The fraction of sp³-hybridized carbons (Fsp3) is 0.571. The SMILES string of the molecule is CCOC(=O)[C@@H](F)ON1C(=O)N2C[C@H]1C=C(C)[C@H]2C(=O)NCC#N. The average molecular weight is 340 g/mol. The van der Waals surface area contributed by atoms with Crippen molar-refractivity contribution in [3.63, 3.8) is 0 Å². The molecule has 2 rings (SSSR count). The molecule has 10 heteroatoms. The number of ether oxygens (including phenoxy) is 1. The van der Waals surface area contributed by atoms with E-state index in [0.29, 0.717) is 5.57 Å². The van der Waals surface area contributed by atoms with Gasteiger partial charge in [-0.2, -0.15) is 10.3 Å². The Morgan fingerprint density at radius 2 is 2.29 bits per heavy atom. The highest BCUT2D eigenvalue weighted by molar-refractivity contribution is 5.91. The van der Waals surface area contributed by atoms with Gasteiger partial charge < -0.3 is 15.0 Å². The number of hydrogen-bond donors (Lipinski definition) is 1. The Kier molecular flexibility index (Phi) is 5.35. The number of urea groups is 1. The Morgan fingerprint density at radius 1 is 1.58 bits per heavy atom. The predicted octanol–water partition coefficient (Wildman–Crippen LogP) is -0.149. The van der Waals surface area contributed by atoms with Gasteiger partial charge in [0.2, 0.25) is 5.91 Å². The Balaban J connectivity index is 2.11. The summed E-state index contributed by atoms with van der Waals surface area (Å²) in [6.07, 6.45) is -0.843. The van der Waals surface area contributed by atoms with E-state index < -0.39 is 36.3 Å². The fourth-order valence-electron chi connectivity index (χ4n) is 2.64. The van der Waals surface area contributed by atoms with Crippen molar-refractivity contribution in [3.05, 3.63) is 11.6 Å². The molecule has 3 amide bonds. The average Bonchev–Trinajstić information content (AvgIpc) is 2.78. The first-order valence-corrected chi connectivity index (χ1v) is 7.31. The lowest BCUT2D eigenvalue weighted by Gasteiger charge is -2.28. The molecule has 0 aliphatic carbocycles. The number of hydrogen-bond acceptors (Lipinski definition) is 6. The molecule has 2 heterocycles. The molecular weight excluding hydrogens is 323 g/mol. The van der Waals surface area contributed by atoms with Crippen LogP contribution in [0.3, 0.4) is 0 Å².